The number of hydrogen-bond acceptors (Lipinski definition) is 4. The Labute approximate surface area is 175 Å². The first-order chi connectivity index (χ1) is 13.9. The van der Waals surface area contributed by atoms with Gasteiger partial charge in [0.05, 0.1) is 18.5 Å². The predicted molar refractivity (Wildman–Crippen MR) is 116 cm³/mol. The summed E-state index contributed by atoms with van der Waals surface area (Å²) in [5.41, 5.74) is 1.15. The van der Waals surface area contributed by atoms with E-state index in [9.17, 15) is 9.59 Å². The molecule has 1 heterocycles. The van der Waals surface area contributed by atoms with Crippen LogP contribution >= 0.6 is 0 Å². The second kappa shape index (κ2) is 11.8. The maximum absolute atomic E-state index is 12.5. The summed E-state index contributed by atoms with van der Waals surface area (Å²) >= 11 is 0. The van der Waals surface area contributed by atoms with Gasteiger partial charge in [-0.2, -0.15) is 0 Å². The van der Waals surface area contributed by atoms with E-state index >= 15 is 0 Å². The van der Waals surface area contributed by atoms with E-state index in [0.717, 1.165) is 43.5 Å². The van der Waals surface area contributed by atoms with Crippen molar-refractivity contribution in [3.05, 3.63) is 29.8 Å². The molecular formula is C23H37N3O3. The van der Waals surface area contributed by atoms with Crippen LogP contribution in [0, 0.1) is 12.8 Å². The number of nitrogens with zero attached hydrogens (tertiary/aromatic N) is 1. The molecule has 6 nitrogen and oxygen atoms in total. The zero-order chi connectivity index (χ0) is 21.2. The van der Waals surface area contributed by atoms with Gasteiger partial charge in [-0.1, -0.05) is 25.5 Å². The summed E-state index contributed by atoms with van der Waals surface area (Å²) in [4.78, 5) is 27.2. The molecule has 0 aliphatic carbocycles. The second-order valence-corrected chi connectivity index (χ2v) is 8.16. The molecule has 2 amide bonds. The first-order valence-electron chi connectivity index (χ1n) is 10.9. The van der Waals surface area contributed by atoms with Gasteiger partial charge in [-0.3, -0.25) is 14.5 Å². The molecular weight excluding hydrogens is 366 g/mol. The molecule has 1 aromatic carbocycles. The molecule has 2 N–H and O–H groups in total. The lowest BCUT2D eigenvalue weighted by Gasteiger charge is -2.35. The number of carbonyl (C=O) groups excluding carboxylic acids is 2. The number of piperidine rings is 1. The second-order valence-electron chi connectivity index (χ2n) is 8.16. The standard InChI is InChI=1S/C23H37N3O3/c1-5-8-18(3)25-23(28)20-10-7-13-26(16-20)19(4)22(27)24-12-14-29-21-11-6-9-17(2)15-21/h6,9,11,15,18-20H,5,7-8,10,12-14,16H2,1-4H3,(H,24,27)(H,25,28). The van der Waals surface area contributed by atoms with E-state index in [1.54, 1.807) is 0 Å². The maximum atomic E-state index is 12.5. The van der Waals surface area contributed by atoms with Gasteiger partial charge in [0, 0.05) is 12.6 Å². The molecule has 3 unspecified atom stereocenters. The van der Waals surface area contributed by atoms with E-state index < -0.39 is 0 Å². The molecule has 1 saturated heterocycles. The van der Waals surface area contributed by atoms with Gasteiger partial charge in [0.25, 0.3) is 0 Å². The van der Waals surface area contributed by atoms with E-state index in [1.165, 1.54) is 0 Å². The zero-order valence-corrected chi connectivity index (χ0v) is 18.4. The number of aryl methyl sites for hydroxylation is 1. The summed E-state index contributed by atoms with van der Waals surface area (Å²) in [7, 11) is 0. The molecule has 0 bridgehead atoms. The molecule has 0 saturated carbocycles. The SMILES string of the molecule is CCCC(C)NC(=O)C1CCCN(C(C)C(=O)NCCOc2cccc(C)c2)C1. The van der Waals surface area contributed by atoms with Crippen molar-refractivity contribution in [2.45, 2.75) is 65.5 Å². The Morgan fingerprint density at radius 2 is 2.10 bits per heavy atom. The number of nitrogens with one attached hydrogen (secondary N) is 2. The minimum absolute atomic E-state index is 0.0155. The highest BCUT2D eigenvalue weighted by Gasteiger charge is 2.31. The minimum Gasteiger partial charge on any atom is -0.492 e. The molecule has 3 atom stereocenters. The van der Waals surface area contributed by atoms with Crippen LogP contribution in [0.2, 0.25) is 0 Å². The third kappa shape index (κ3) is 7.69. The van der Waals surface area contributed by atoms with Crippen molar-refractivity contribution in [3.8, 4) is 5.75 Å². The third-order valence-electron chi connectivity index (χ3n) is 5.52. The van der Waals surface area contributed by atoms with Gasteiger partial charge in [0.2, 0.25) is 11.8 Å². The quantitative estimate of drug-likeness (QED) is 0.590. The highest BCUT2D eigenvalue weighted by atomic mass is 16.5. The lowest BCUT2D eigenvalue weighted by Crippen LogP contribution is -2.52. The minimum atomic E-state index is -0.252. The Kier molecular flexibility index (Phi) is 9.45. The average molecular weight is 404 g/mol. The van der Waals surface area contributed by atoms with Crippen LogP contribution in [0.25, 0.3) is 0 Å². The van der Waals surface area contributed by atoms with Gasteiger partial charge in [-0.25, -0.2) is 0 Å². The van der Waals surface area contributed by atoms with Crippen LogP contribution in [-0.4, -0.2) is 55.0 Å². The molecule has 1 aliphatic heterocycles. The van der Waals surface area contributed by atoms with Crippen molar-refractivity contribution in [1.82, 2.24) is 15.5 Å². The lowest BCUT2D eigenvalue weighted by molar-refractivity contribution is -0.131. The monoisotopic (exact) mass is 403 g/mol. The van der Waals surface area contributed by atoms with Crippen molar-refractivity contribution in [2.24, 2.45) is 5.92 Å². The summed E-state index contributed by atoms with van der Waals surface area (Å²) in [5, 5.41) is 6.07. The highest BCUT2D eigenvalue weighted by molar-refractivity contribution is 5.82. The Balaban J connectivity index is 1.74. The van der Waals surface area contributed by atoms with Gasteiger partial charge in [-0.05, 0) is 64.3 Å². The Morgan fingerprint density at radius 3 is 2.83 bits per heavy atom. The normalized spacial score (nSPS) is 19.2. The summed E-state index contributed by atoms with van der Waals surface area (Å²) < 4.78 is 5.69. The van der Waals surface area contributed by atoms with Crippen LogP contribution in [0.4, 0.5) is 0 Å². The molecule has 0 spiro atoms. The lowest BCUT2D eigenvalue weighted by atomic mass is 9.95. The number of amides is 2. The molecule has 162 valence electrons. The van der Waals surface area contributed by atoms with Crippen LogP contribution in [0.3, 0.4) is 0 Å². The number of rotatable bonds is 10. The fraction of sp³-hybridized carbons (Fsp3) is 0.652. The van der Waals surface area contributed by atoms with Crippen LogP contribution < -0.4 is 15.4 Å². The van der Waals surface area contributed by atoms with Crippen molar-refractivity contribution >= 4 is 11.8 Å². The van der Waals surface area contributed by atoms with Crippen molar-refractivity contribution < 1.29 is 14.3 Å². The van der Waals surface area contributed by atoms with Crippen molar-refractivity contribution in [1.29, 1.82) is 0 Å². The van der Waals surface area contributed by atoms with Gasteiger partial charge in [0.1, 0.15) is 12.4 Å². The van der Waals surface area contributed by atoms with Crippen LogP contribution in [0.5, 0.6) is 5.75 Å². The molecule has 6 heteroatoms. The maximum Gasteiger partial charge on any atom is 0.237 e. The Bertz CT molecular complexity index is 665. The van der Waals surface area contributed by atoms with Crippen LogP contribution in [-0.2, 0) is 9.59 Å². The Hall–Kier alpha value is -2.08. The van der Waals surface area contributed by atoms with E-state index in [0.29, 0.717) is 19.7 Å². The van der Waals surface area contributed by atoms with Crippen LogP contribution in [0.1, 0.15) is 52.0 Å². The van der Waals surface area contributed by atoms with Gasteiger partial charge >= 0.3 is 0 Å². The summed E-state index contributed by atoms with van der Waals surface area (Å²) in [6.07, 6.45) is 3.88. The van der Waals surface area contributed by atoms with E-state index in [1.807, 2.05) is 38.1 Å². The molecule has 29 heavy (non-hydrogen) atoms. The van der Waals surface area contributed by atoms with E-state index in [2.05, 4.69) is 29.4 Å². The number of hydrogen-bond donors (Lipinski definition) is 2. The van der Waals surface area contributed by atoms with Crippen molar-refractivity contribution in [3.63, 3.8) is 0 Å². The number of benzene rings is 1. The summed E-state index contributed by atoms with van der Waals surface area (Å²) in [5.74, 6) is 0.880. The fourth-order valence-corrected chi connectivity index (χ4v) is 3.80. The Morgan fingerprint density at radius 1 is 1.31 bits per heavy atom. The van der Waals surface area contributed by atoms with E-state index in [-0.39, 0.29) is 29.8 Å². The average Bonchev–Trinajstić information content (AvgIpc) is 2.70. The molecule has 0 aromatic heterocycles. The summed E-state index contributed by atoms with van der Waals surface area (Å²) in [6.45, 7) is 10.5. The van der Waals surface area contributed by atoms with Gasteiger partial charge in [0.15, 0.2) is 0 Å². The molecule has 0 radical (unpaired) electrons. The van der Waals surface area contributed by atoms with Gasteiger partial charge < -0.3 is 15.4 Å². The number of ether oxygens (including phenoxy) is 1. The smallest absolute Gasteiger partial charge is 0.237 e. The first kappa shape index (κ1) is 23.2. The molecule has 1 aliphatic rings. The molecule has 2 rings (SSSR count). The first-order valence-corrected chi connectivity index (χ1v) is 10.9. The van der Waals surface area contributed by atoms with Crippen molar-refractivity contribution in [2.75, 3.05) is 26.2 Å². The summed E-state index contributed by atoms with van der Waals surface area (Å²) in [6, 6.07) is 7.82. The zero-order valence-electron chi connectivity index (χ0n) is 18.4. The molecule has 1 aromatic rings. The van der Waals surface area contributed by atoms with E-state index in [4.69, 9.17) is 4.74 Å². The highest BCUT2D eigenvalue weighted by Crippen LogP contribution is 2.19. The topological polar surface area (TPSA) is 70.7 Å². The number of carbonyl (C=O) groups is 2. The largest absolute Gasteiger partial charge is 0.492 e. The fourth-order valence-electron chi connectivity index (χ4n) is 3.80. The number of likely N-dealkylation sites (tertiary alicyclic amines) is 1. The van der Waals surface area contributed by atoms with Crippen LogP contribution in [0.15, 0.2) is 24.3 Å². The third-order valence-corrected chi connectivity index (χ3v) is 5.52. The molecule has 1 fully saturated rings. The predicted octanol–water partition coefficient (Wildman–Crippen LogP) is 2.90. The van der Waals surface area contributed by atoms with Gasteiger partial charge in [-0.15, -0.1) is 0 Å².